The van der Waals surface area contributed by atoms with E-state index in [1.807, 2.05) is 37.3 Å². The van der Waals surface area contributed by atoms with Crippen molar-refractivity contribution < 1.29 is 4.79 Å². The zero-order chi connectivity index (χ0) is 20.8. The van der Waals surface area contributed by atoms with E-state index < -0.39 is 0 Å². The van der Waals surface area contributed by atoms with Crippen molar-refractivity contribution in [3.8, 4) is 6.07 Å². The monoisotopic (exact) mass is 389 g/mol. The number of hydrogen-bond donors (Lipinski definition) is 3. The number of amides is 1. The quantitative estimate of drug-likeness (QED) is 0.568. The fourth-order valence-corrected chi connectivity index (χ4v) is 2.91. The van der Waals surface area contributed by atoms with Gasteiger partial charge < -0.3 is 10.6 Å². The lowest BCUT2D eigenvalue weighted by atomic mass is 10.0. The summed E-state index contributed by atoms with van der Waals surface area (Å²) in [5, 5.41) is 22.3. The van der Waals surface area contributed by atoms with Gasteiger partial charge in [-0.1, -0.05) is 13.0 Å². The van der Waals surface area contributed by atoms with E-state index in [0.717, 1.165) is 24.2 Å². The van der Waals surface area contributed by atoms with Gasteiger partial charge in [0.05, 0.1) is 0 Å². The smallest absolute Gasteiger partial charge is 0.224 e. The van der Waals surface area contributed by atoms with Crippen LogP contribution in [0.15, 0.2) is 30.3 Å². The summed E-state index contributed by atoms with van der Waals surface area (Å²) < 4.78 is 0. The number of anilines is 3. The Kier molecular flexibility index (Phi) is 6.19. The lowest BCUT2D eigenvalue weighted by molar-refractivity contribution is -0.115. The van der Waals surface area contributed by atoms with E-state index in [1.54, 1.807) is 13.0 Å². The van der Waals surface area contributed by atoms with Gasteiger partial charge in [0.25, 0.3) is 0 Å². The van der Waals surface area contributed by atoms with Crippen molar-refractivity contribution in [2.24, 2.45) is 0 Å². The van der Waals surface area contributed by atoms with Crippen LogP contribution in [0.4, 0.5) is 17.3 Å². The first kappa shape index (κ1) is 20.0. The summed E-state index contributed by atoms with van der Waals surface area (Å²) in [5.74, 6) is 1.68. The van der Waals surface area contributed by atoms with Gasteiger partial charge in [0, 0.05) is 29.9 Å². The Balaban J connectivity index is 1.65. The summed E-state index contributed by atoms with van der Waals surface area (Å²) >= 11 is 0. The standard InChI is InChI=1S/C21H23N7O/c1-4-21(29)25-16-7-5-13(2)15(9-16)6-8-17-10-20(28-27-17)26-19-11-18(12-22)23-14(3)24-19/h5,7,9-11H,4,6,8H2,1-3H3,(H,25,29)(H2,23,24,26,27,28). The fourth-order valence-electron chi connectivity index (χ4n) is 2.91. The third kappa shape index (κ3) is 5.39. The number of nitriles is 1. The number of aryl methyl sites for hydroxylation is 4. The number of nitrogens with one attached hydrogen (secondary N) is 3. The van der Waals surface area contributed by atoms with Crippen LogP contribution >= 0.6 is 0 Å². The molecule has 0 saturated carbocycles. The maximum absolute atomic E-state index is 11.6. The number of H-pyrrole nitrogens is 1. The highest BCUT2D eigenvalue weighted by Gasteiger charge is 2.08. The topological polar surface area (TPSA) is 119 Å². The molecule has 0 unspecified atom stereocenters. The van der Waals surface area contributed by atoms with Crippen molar-refractivity contribution in [1.29, 1.82) is 5.26 Å². The predicted molar refractivity (Wildman–Crippen MR) is 111 cm³/mol. The van der Waals surface area contributed by atoms with Gasteiger partial charge in [0.1, 0.15) is 23.4 Å². The van der Waals surface area contributed by atoms with Gasteiger partial charge >= 0.3 is 0 Å². The van der Waals surface area contributed by atoms with Crippen molar-refractivity contribution >= 4 is 23.2 Å². The molecule has 8 heteroatoms. The molecule has 3 aromatic rings. The highest BCUT2D eigenvalue weighted by molar-refractivity contribution is 5.90. The molecule has 29 heavy (non-hydrogen) atoms. The summed E-state index contributed by atoms with van der Waals surface area (Å²) in [6.07, 6.45) is 2.04. The molecule has 2 aromatic heterocycles. The lowest BCUT2D eigenvalue weighted by Crippen LogP contribution is -2.10. The maximum atomic E-state index is 11.6. The molecule has 1 amide bonds. The molecule has 3 rings (SSSR count). The minimum Gasteiger partial charge on any atom is -0.326 e. The SMILES string of the molecule is CCC(=O)Nc1ccc(C)c(CCc2cc(Nc3cc(C#N)nc(C)n3)n[nH]2)c1. The molecule has 1 aromatic carbocycles. The second-order valence-corrected chi connectivity index (χ2v) is 6.74. The average Bonchev–Trinajstić information content (AvgIpc) is 3.14. The summed E-state index contributed by atoms with van der Waals surface area (Å²) in [6.45, 7) is 5.63. The van der Waals surface area contributed by atoms with Gasteiger partial charge in [-0.2, -0.15) is 10.4 Å². The van der Waals surface area contributed by atoms with Crippen molar-refractivity contribution in [2.45, 2.75) is 40.0 Å². The first-order valence-electron chi connectivity index (χ1n) is 9.43. The zero-order valence-electron chi connectivity index (χ0n) is 16.7. The van der Waals surface area contributed by atoms with Gasteiger partial charge in [0.15, 0.2) is 5.82 Å². The largest absolute Gasteiger partial charge is 0.326 e. The second kappa shape index (κ2) is 8.97. The first-order chi connectivity index (χ1) is 14.0. The van der Waals surface area contributed by atoms with Crippen LogP contribution in [-0.2, 0) is 17.6 Å². The number of aromatic nitrogens is 4. The summed E-state index contributed by atoms with van der Waals surface area (Å²) in [5.41, 5.74) is 4.45. The van der Waals surface area contributed by atoms with Crippen molar-refractivity contribution in [3.63, 3.8) is 0 Å². The number of nitrogens with zero attached hydrogens (tertiary/aromatic N) is 4. The number of aromatic amines is 1. The minimum atomic E-state index is 0.00333. The van der Waals surface area contributed by atoms with Crippen LogP contribution in [0.1, 0.15) is 41.7 Å². The van der Waals surface area contributed by atoms with Crippen LogP contribution in [0.2, 0.25) is 0 Å². The molecule has 0 fully saturated rings. The average molecular weight is 389 g/mol. The fraction of sp³-hybridized carbons (Fsp3) is 0.286. The molecular formula is C21H23N7O. The normalized spacial score (nSPS) is 10.4. The molecule has 0 radical (unpaired) electrons. The van der Waals surface area contributed by atoms with E-state index in [1.165, 1.54) is 11.1 Å². The Morgan fingerprint density at radius 3 is 2.72 bits per heavy atom. The molecular weight excluding hydrogens is 366 g/mol. The molecule has 3 N–H and O–H groups in total. The highest BCUT2D eigenvalue weighted by atomic mass is 16.1. The highest BCUT2D eigenvalue weighted by Crippen LogP contribution is 2.19. The number of carbonyl (C=O) groups is 1. The Hall–Kier alpha value is -3.73. The van der Waals surface area contributed by atoms with Crippen LogP contribution in [0.3, 0.4) is 0 Å². The number of benzene rings is 1. The predicted octanol–water partition coefficient (Wildman–Crippen LogP) is 3.57. The second-order valence-electron chi connectivity index (χ2n) is 6.74. The van der Waals surface area contributed by atoms with E-state index in [0.29, 0.717) is 29.6 Å². The van der Waals surface area contributed by atoms with Crippen LogP contribution in [0.5, 0.6) is 0 Å². The zero-order valence-corrected chi connectivity index (χ0v) is 16.7. The van der Waals surface area contributed by atoms with E-state index in [2.05, 4.69) is 37.7 Å². The van der Waals surface area contributed by atoms with Crippen LogP contribution in [0, 0.1) is 25.2 Å². The van der Waals surface area contributed by atoms with Crippen LogP contribution < -0.4 is 10.6 Å². The third-order valence-electron chi connectivity index (χ3n) is 4.46. The maximum Gasteiger partial charge on any atom is 0.224 e. The molecule has 148 valence electrons. The molecule has 0 saturated heterocycles. The van der Waals surface area contributed by atoms with E-state index in [4.69, 9.17) is 5.26 Å². The number of hydrogen-bond acceptors (Lipinski definition) is 6. The summed E-state index contributed by atoms with van der Waals surface area (Å²) in [4.78, 5) is 19.9. The Bertz CT molecular complexity index is 1070. The molecule has 0 aliphatic carbocycles. The molecule has 2 heterocycles. The molecule has 0 bridgehead atoms. The Labute approximate surface area is 169 Å². The van der Waals surface area contributed by atoms with Crippen molar-refractivity contribution in [3.05, 3.63) is 58.7 Å². The van der Waals surface area contributed by atoms with Crippen LogP contribution in [0.25, 0.3) is 0 Å². The van der Waals surface area contributed by atoms with Crippen molar-refractivity contribution in [2.75, 3.05) is 10.6 Å². The molecule has 0 spiro atoms. The first-order valence-corrected chi connectivity index (χ1v) is 9.43. The summed E-state index contributed by atoms with van der Waals surface area (Å²) in [6, 6.07) is 11.5. The lowest BCUT2D eigenvalue weighted by Gasteiger charge is -2.09. The Morgan fingerprint density at radius 1 is 1.14 bits per heavy atom. The number of carbonyl (C=O) groups excluding carboxylic acids is 1. The van der Waals surface area contributed by atoms with E-state index in [-0.39, 0.29) is 5.91 Å². The third-order valence-corrected chi connectivity index (χ3v) is 4.46. The van der Waals surface area contributed by atoms with E-state index >= 15 is 0 Å². The van der Waals surface area contributed by atoms with Gasteiger partial charge in [-0.15, -0.1) is 0 Å². The van der Waals surface area contributed by atoms with E-state index in [9.17, 15) is 4.79 Å². The van der Waals surface area contributed by atoms with Gasteiger partial charge in [-0.3, -0.25) is 9.89 Å². The molecule has 0 aliphatic rings. The number of rotatable bonds is 7. The van der Waals surface area contributed by atoms with Crippen LogP contribution in [-0.4, -0.2) is 26.1 Å². The summed E-state index contributed by atoms with van der Waals surface area (Å²) in [7, 11) is 0. The van der Waals surface area contributed by atoms with Gasteiger partial charge in [-0.05, 0) is 49.9 Å². The minimum absolute atomic E-state index is 0.00333. The Morgan fingerprint density at radius 2 is 1.97 bits per heavy atom. The van der Waals surface area contributed by atoms with Gasteiger partial charge in [0.2, 0.25) is 5.91 Å². The van der Waals surface area contributed by atoms with Crippen molar-refractivity contribution in [1.82, 2.24) is 20.2 Å². The molecule has 0 atom stereocenters. The molecule has 8 nitrogen and oxygen atoms in total. The molecule has 0 aliphatic heterocycles. The van der Waals surface area contributed by atoms with Gasteiger partial charge in [-0.25, -0.2) is 9.97 Å².